The Bertz CT molecular complexity index is 1040. The monoisotopic (exact) mass is 380 g/mol. The summed E-state index contributed by atoms with van der Waals surface area (Å²) in [6, 6.07) is 3.55. The number of fused-ring (bicyclic) bond motifs is 2. The molecular weight excluding hydrogens is 376 g/mol. The van der Waals surface area contributed by atoms with E-state index in [1.807, 2.05) is 0 Å². The summed E-state index contributed by atoms with van der Waals surface area (Å²) in [6.45, 7) is 0. The molecule has 23 heavy (non-hydrogen) atoms. The van der Waals surface area contributed by atoms with E-state index in [0.29, 0.717) is 0 Å². The van der Waals surface area contributed by atoms with E-state index in [-0.39, 0.29) is 26.4 Å². The van der Waals surface area contributed by atoms with Gasteiger partial charge < -0.3 is 19.0 Å². The summed E-state index contributed by atoms with van der Waals surface area (Å²) in [5.41, 5.74) is -3.29. The second-order valence-electron chi connectivity index (χ2n) is 4.53. The van der Waals surface area contributed by atoms with Gasteiger partial charge in [0, 0.05) is 10.8 Å². The average Bonchev–Trinajstić information content (AvgIpc) is 2.47. The van der Waals surface area contributed by atoms with Crippen molar-refractivity contribution in [2.75, 3.05) is 0 Å². The highest BCUT2D eigenvalue weighted by Crippen LogP contribution is 2.32. The summed E-state index contributed by atoms with van der Waals surface area (Å²) < 4.78 is 10.0. The molecule has 3 rings (SSSR count). The van der Waals surface area contributed by atoms with Crippen LogP contribution in [0.1, 0.15) is 20.7 Å². The van der Waals surface area contributed by atoms with Gasteiger partial charge in [-0.25, -0.2) is 19.2 Å². The highest BCUT2D eigenvalue weighted by atomic mass is 79.9. The molecule has 3 aromatic rings. The second kappa shape index (κ2) is 5.06. The van der Waals surface area contributed by atoms with E-state index < -0.39 is 34.3 Å². The lowest BCUT2D eigenvalue weighted by Gasteiger charge is -2.05. The van der Waals surface area contributed by atoms with E-state index >= 15 is 0 Å². The van der Waals surface area contributed by atoms with Crippen molar-refractivity contribution in [1.82, 2.24) is 0 Å². The molecule has 116 valence electrons. The molecule has 0 saturated heterocycles. The quantitative estimate of drug-likeness (QED) is 0.509. The number of carbonyl (C=O) groups is 2. The molecule has 1 aromatic carbocycles. The molecule has 9 heteroatoms. The summed E-state index contributed by atoms with van der Waals surface area (Å²) in [4.78, 5) is 45.3. The normalized spacial score (nSPS) is 11.0. The number of hydrogen-bond acceptors (Lipinski definition) is 6. The van der Waals surface area contributed by atoms with Gasteiger partial charge in [-0.2, -0.15) is 0 Å². The predicted molar refractivity (Wildman–Crippen MR) is 80.1 cm³/mol. The highest BCUT2D eigenvalue weighted by molar-refractivity contribution is 9.10. The van der Waals surface area contributed by atoms with Crippen molar-refractivity contribution in [3.05, 3.63) is 54.6 Å². The fourth-order valence-corrected chi connectivity index (χ4v) is 2.72. The van der Waals surface area contributed by atoms with Crippen LogP contribution in [0.2, 0.25) is 0 Å². The molecule has 0 spiro atoms. The minimum absolute atomic E-state index is 0.0151. The third-order valence-electron chi connectivity index (χ3n) is 3.12. The molecule has 2 aromatic heterocycles. The van der Waals surface area contributed by atoms with Gasteiger partial charge in [-0.05, 0) is 34.1 Å². The molecule has 0 atom stereocenters. The Hall–Kier alpha value is -2.94. The fourth-order valence-electron chi connectivity index (χ4n) is 2.10. The molecule has 8 nitrogen and oxygen atoms in total. The van der Waals surface area contributed by atoms with Crippen molar-refractivity contribution < 1.29 is 28.6 Å². The largest absolute Gasteiger partial charge is 0.477 e. The first-order valence-electron chi connectivity index (χ1n) is 6.00. The van der Waals surface area contributed by atoms with Crippen LogP contribution in [0.3, 0.4) is 0 Å². The summed E-state index contributed by atoms with van der Waals surface area (Å²) in [6.07, 6.45) is 0. The van der Waals surface area contributed by atoms with E-state index in [1.165, 1.54) is 6.07 Å². The van der Waals surface area contributed by atoms with Gasteiger partial charge in [0.1, 0.15) is 15.6 Å². The number of hydrogen-bond donors (Lipinski definition) is 2. The second-order valence-corrected chi connectivity index (χ2v) is 5.33. The van der Waals surface area contributed by atoms with Crippen molar-refractivity contribution in [2.45, 2.75) is 0 Å². The smallest absolute Gasteiger partial charge is 0.351 e. The molecule has 0 amide bonds. The molecule has 2 N–H and O–H groups in total. The maximum Gasteiger partial charge on any atom is 0.351 e. The SMILES string of the molecule is O=C(O)c1cc2cc3cc(C(=O)O)c(=O)oc3c(Br)c2oc1=O. The van der Waals surface area contributed by atoms with Crippen LogP contribution in [0.4, 0.5) is 0 Å². The Morgan fingerprint density at radius 1 is 0.826 bits per heavy atom. The van der Waals surface area contributed by atoms with Gasteiger partial charge in [0.15, 0.2) is 11.2 Å². The Morgan fingerprint density at radius 3 is 1.57 bits per heavy atom. The molecule has 0 bridgehead atoms. The predicted octanol–water partition coefficient (Wildman–Crippen LogP) is 2.06. The van der Waals surface area contributed by atoms with Gasteiger partial charge in [0.25, 0.3) is 0 Å². The molecule has 0 radical (unpaired) electrons. The first-order valence-corrected chi connectivity index (χ1v) is 6.79. The van der Waals surface area contributed by atoms with E-state index in [2.05, 4.69) is 15.9 Å². The van der Waals surface area contributed by atoms with Gasteiger partial charge in [-0.1, -0.05) is 0 Å². The van der Waals surface area contributed by atoms with Crippen molar-refractivity contribution in [2.24, 2.45) is 0 Å². The van der Waals surface area contributed by atoms with Gasteiger partial charge in [0.2, 0.25) is 0 Å². The topological polar surface area (TPSA) is 135 Å². The van der Waals surface area contributed by atoms with Crippen LogP contribution in [-0.4, -0.2) is 22.2 Å². The van der Waals surface area contributed by atoms with E-state index in [4.69, 9.17) is 19.0 Å². The lowest BCUT2D eigenvalue weighted by atomic mass is 10.1. The van der Waals surface area contributed by atoms with Crippen molar-refractivity contribution in [3.63, 3.8) is 0 Å². The molecule has 0 saturated carbocycles. The molecule has 0 aliphatic rings. The first kappa shape index (κ1) is 15.0. The zero-order valence-corrected chi connectivity index (χ0v) is 12.5. The Balaban J connectivity index is 2.50. The maximum atomic E-state index is 11.6. The van der Waals surface area contributed by atoms with Crippen LogP contribution in [0.15, 0.2) is 41.1 Å². The average molecular weight is 381 g/mol. The van der Waals surface area contributed by atoms with Crippen LogP contribution in [0.5, 0.6) is 0 Å². The van der Waals surface area contributed by atoms with Gasteiger partial charge in [-0.15, -0.1) is 0 Å². The fraction of sp³-hybridized carbons (Fsp3) is 0. The van der Waals surface area contributed by atoms with Crippen LogP contribution in [-0.2, 0) is 0 Å². The first-order chi connectivity index (χ1) is 10.8. The molecule has 0 aliphatic carbocycles. The number of carboxylic acids is 2. The number of rotatable bonds is 2. The molecular formula is C14H5BrO8. The van der Waals surface area contributed by atoms with Crippen molar-refractivity contribution in [3.8, 4) is 0 Å². The zero-order chi connectivity index (χ0) is 16.9. The van der Waals surface area contributed by atoms with Gasteiger partial charge >= 0.3 is 23.2 Å². The Kier molecular flexibility index (Phi) is 3.29. The van der Waals surface area contributed by atoms with Gasteiger partial charge in [-0.3, -0.25) is 0 Å². The number of halogens is 1. The summed E-state index contributed by atoms with van der Waals surface area (Å²) in [5, 5.41) is 18.4. The van der Waals surface area contributed by atoms with Crippen LogP contribution < -0.4 is 11.3 Å². The minimum Gasteiger partial charge on any atom is -0.477 e. The van der Waals surface area contributed by atoms with Crippen molar-refractivity contribution in [1.29, 1.82) is 0 Å². The molecule has 0 fully saturated rings. The summed E-state index contributed by atoms with van der Waals surface area (Å²) >= 11 is 3.11. The van der Waals surface area contributed by atoms with E-state index in [1.54, 1.807) is 0 Å². The van der Waals surface area contributed by atoms with E-state index in [9.17, 15) is 19.2 Å². The molecule has 2 heterocycles. The van der Waals surface area contributed by atoms with Gasteiger partial charge in [0.05, 0.1) is 0 Å². The Labute approximate surface area is 133 Å². The number of carboxylic acid groups (broad SMARTS) is 2. The van der Waals surface area contributed by atoms with Crippen LogP contribution in [0.25, 0.3) is 21.9 Å². The standard InChI is InChI=1S/C14H5BrO8/c15-8-9-4(2-6(11(16)17)13(20)22-9)1-5-3-7(12(18)19)14(21)23-10(5)8/h1-3H,(H,16,17)(H,18,19). The third-order valence-corrected chi connectivity index (χ3v) is 3.84. The minimum atomic E-state index is -1.46. The van der Waals surface area contributed by atoms with E-state index in [0.717, 1.165) is 12.1 Å². The maximum absolute atomic E-state index is 11.6. The lowest BCUT2D eigenvalue weighted by molar-refractivity contribution is 0.0681. The molecule has 0 unspecified atom stereocenters. The summed E-state index contributed by atoms with van der Waals surface area (Å²) in [5.74, 6) is -2.91. The lowest BCUT2D eigenvalue weighted by Crippen LogP contribution is -2.14. The van der Waals surface area contributed by atoms with Crippen LogP contribution in [0, 0.1) is 0 Å². The highest BCUT2D eigenvalue weighted by Gasteiger charge is 2.19. The summed E-state index contributed by atoms with van der Waals surface area (Å²) in [7, 11) is 0. The Morgan fingerprint density at radius 2 is 1.22 bits per heavy atom. The zero-order valence-electron chi connectivity index (χ0n) is 11.0. The number of benzene rings is 1. The number of aromatic carboxylic acids is 2. The van der Waals surface area contributed by atoms with Crippen LogP contribution >= 0.6 is 15.9 Å². The van der Waals surface area contributed by atoms with Crippen molar-refractivity contribution >= 4 is 49.8 Å². The third kappa shape index (κ3) is 2.30. The molecule has 0 aliphatic heterocycles.